The minimum Gasteiger partial charge on any atom is -0.478 e. The molecule has 1 aliphatic rings. The predicted molar refractivity (Wildman–Crippen MR) is 108 cm³/mol. The average Bonchev–Trinajstić information content (AvgIpc) is 3.00. The van der Waals surface area contributed by atoms with Crippen LogP contribution in [0.3, 0.4) is 0 Å². The molecule has 0 saturated heterocycles. The second kappa shape index (κ2) is 14.4. The quantitative estimate of drug-likeness (QED) is 0.265. The van der Waals surface area contributed by atoms with Crippen LogP contribution in [0.15, 0.2) is 17.1 Å². The maximum atomic E-state index is 9.25. The molecule has 25 heavy (non-hydrogen) atoms. The minimum atomic E-state index is -0.392. The van der Waals surface area contributed by atoms with Gasteiger partial charge >= 0.3 is 0 Å². The Balaban J connectivity index is 1.83. The monoisotopic (exact) mass is 351 g/mol. The Morgan fingerprint density at radius 1 is 0.920 bits per heavy atom. The number of aliphatic hydroxyl groups is 1. The van der Waals surface area contributed by atoms with E-state index in [9.17, 15) is 5.11 Å². The minimum absolute atomic E-state index is 0.0723. The molecule has 146 valence electrons. The number of allylic oxidation sites excluding steroid dienone is 2. The molecular weight excluding hydrogens is 310 g/mol. The van der Waals surface area contributed by atoms with Crippen LogP contribution in [0.4, 0.5) is 0 Å². The standard InChI is InChI=1S/C22H41NO2/c1-3-4-5-6-7-8-9-10-11-12-13-14-15-16-17-18-21-23-22(2,19-24)20-25-21/h10-11,24H,3-9,12-20H2,1-2H3/b11-10+. The maximum Gasteiger partial charge on any atom is 0.184 e. The van der Waals surface area contributed by atoms with Gasteiger partial charge in [0.05, 0.1) is 6.61 Å². The molecule has 1 heterocycles. The maximum absolute atomic E-state index is 9.25. The lowest BCUT2D eigenvalue weighted by atomic mass is 10.1. The Bertz CT molecular complexity index is 378. The van der Waals surface area contributed by atoms with Crippen LogP contribution >= 0.6 is 0 Å². The Kier molecular flexibility index (Phi) is 12.8. The van der Waals surface area contributed by atoms with Crippen molar-refractivity contribution in [1.82, 2.24) is 0 Å². The van der Waals surface area contributed by atoms with Crippen molar-refractivity contribution in [2.75, 3.05) is 13.2 Å². The molecular formula is C22H41NO2. The number of rotatable bonds is 16. The molecule has 0 radical (unpaired) electrons. The summed E-state index contributed by atoms with van der Waals surface area (Å²) in [5, 5.41) is 9.25. The van der Waals surface area contributed by atoms with E-state index in [1.165, 1.54) is 77.0 Å². The first-order valence-corrected chi connectivity index (χ1v) is 10.7. The van der Waals surface area contributed by atoms with E-state index in [1.807, 2.05) is 6.92 Å². The van der Waals surface area contributed by atoms with Gasteiger partial charge in [-0.15, -0.1) is 0 Å². The number of hydrogen-bond acceptors (Lipinski definition) is 3. The van der Waals surface area contributed by atoms with Crippen molar-refractivity contribution < 1.29 is 9.84 Å². The van der Waals surface area contributed by atoms with Crippen molar-refractivity contribution >= 4 is 5.90 Å². The van der Waals surface area contributed by atoms with E-state index in [0.717, 1.165) is 18.7 Å². The van der Waals surface area contributed by atoms with Gasteiger partial charge in [0.2, 0.25) is 0 Å². The second-order valence-electron chi connectivity index (χ2n) is 7.78. The first-order chi connectivity index (χ1) is 12.2. The second-order valence-corrected chi connectivity index (χ2v) is 7.78. The summed E-state index contributed by atoms with van der Waals surface area (Å²) < 4.78 is 5.56. The smallest absolute Gasteiger partial charge is 0.184 e. The van der Waals surface area contributed by atoms with Crippen LogP contribution in [0.2, 0.25) is 0 Å². The molecule has 0 aromatic heterocycles. The Hall–Kier alpha value is -0.830. The van der Waals surface area contributed by atoms with Gasteiger partial charge in [0.1, 0.15) is 12.1 Å². The van der Waals surface area contributed by atoms with Crippen molar-refractivity contribution in [2.45, 2.75) is 109 Å². The molecule has 0 aromatic rings. The Morgan fingerprint density at radius 3 is 2.04 bits per heavy atom. The third-order valence-corrected chi connectivity index (χ3v) is 4.94. The van der Waals surface area contributed by atoms with E-state index in [1.54, 1.807) is 0 Å². The lowest BCUT2D eigenvalue weighted by molar-refractivity contribution is 0.169. The van der Waals surface area contributed by atoms with Crippen LogP contribution < -0.4 is 0 Å². The van der Waals surface area contributed by atoms with Crippen molar-refractivity contribution in [3.8, 4) is 0 Å². The third-order valence-electron chi connectivity index (χ3n) is 4.94. The largest absolute Gasteiger partial charge is 0.478 e. The summed E-state index contributed by atoms with van der Waals surface area (Å²) in [5.74, 6) is 0.842. The lowest BCUT2D eigenvalue weighted by Gasteiger charge is -2.12. The molecule has 0 bridgehead atoms. The van der Waals surface area contributed by atoms with Crippen LogP contribution in [-0.2, 0) is 4.74 Å². The van der Waals surface area contributed by atoms with E-state index in [2.05, 4.69) is 24.1 Å². The molecule has 1 atom stereocenters. The highest BCUT2D eigenvalue weighted by atomic mass is 16.5. The van der Waals surface area contributed by atoms with Gasteiger partial charge in [-0.3, -0.25) is 0 Å². The predicted octanol–water partition coefficient (Wildman–Crippen LogP) is 6.20. The van der Waals surface area contributed by atoms with Crippen LogP contribution in [0.25, 0.3) is 0 Å². The fourth-order valence-electron chi connectivity index (χ4n) is 3.16. The fourth-order valence-corrected chi connectivity index (χ4v) is 3.16. The zero-order valence-corrected chi connectivity index (χ0v) is 16.8. The van der Waals surface area contributed by atoms with Crippen LogP contribution in [0, 0.1) is 0 Å². The van der Waals surface area contributed by atoms with Crippen LogP contribution in [-0.4, -0.2) is 29.8 Å². The molecule has 0 aliphatic carbocycles. The number of aliphatic imine (C=N–C) groups is 1. The number of nitrogens with zero attached hydrogens (tertiary/aromatic N) is 1. The van der Waals surface area contributed by atoms with Gasteiger partial charge in [0, 0.05) is 6.42 Å². The molecule has 0 amide bonds. The lowest BCUT2D eigenvalue weighted by Crippen LogP contribution is -2.28. The van der Waals surface area contributed by atoms with E-state index < -0.39 is 5.54 Å². The molecule has 1 N–H and O–H groups in total. The van der Waals surface area contributed by atoms with E-state index >= 15 is 0 Å². The summed E-state index contributed by atoms with van der Waals surface area (Å²) in [6.45, 7) is 4.82. The van der Waals surface area contributed by atoms with E-state index in [0.29, 0.717) is 6.61 Å². The van der Waals surface area contributed by atoms with Gasteiger partial charge in [-0.2, -0.15) is 0 Å². The molecule has 1 rings (SSSR count). The molecule has 0 aromatic carbocycles. The number of aliphatic hydroxyl groups excluding tert-OH is 1. The molecule has 1 unspecified atom stereocenters. The summed E-state index contributed by atoms with van der Waals surface area (Å²) in [6, 6.07) is 0. The Morgan fingerprint density at radius 2 is 1.48 bits per heavy atom. The van der Waals surface area contributed by atoms with Crippen molar-refractivity contribution in [3.63, 3.8) is 0 Å². The van der Waals surface area contributed by atoms with Crippen LogP contribution in [0.1, 0.15) is 104 Å². The van der Waals surface area contributed by atoms with Crippen molar-refractivity contribution in [2.24, 2.45) is 4.99 Å². The summed E-state index contributed by atoms with van der Waals surface area (Å²) in [7, 11) is 0. The number of hydrogen-bond donors (Lipinski definition) is 1. The highest BCUT2D eigenvalue weighted by Gasteiger charge is 2.30. The SMILES string of the molecule is CCCCCCCC/C=C/CCCCCCCC1=NC(C)(CO)CO1. The van der Waals surface area contributed by atoms with E-state index in [4.69, 9.17) is 4.74 Å². The van der Waals surface area contributed by atoms with Gasteiger partial charge in [-0.05, 0) is 39.0 Å². The Labute approximate surface area is 156 Å². The third kappa shape index (κ3) is 11.4. The molecule has 1 aliphatic heterocycles. The normalized spacial score (nSPS) is 20.2. The zero-order valence-electron chi connectivity index (χ0n) is 16.8. The average molecular weight is 352 g/mol. The molecule has 0 fully saturated rings. The van der Waals surface area contributed by atoms with Crippen molar-refractivity contribution in [1.29, 1.82) is 0 Å². The van der Waals surface area contributed by atoms with Crippen molar-refractivity contribution in [3.05, 3.63) is 12.2 Å². The fraction of sp³-hybridized carbons (Fsp3) is 0.864. The summed E-state index contributed by atoms with van der Waals surface area (Å²) in [4.78, 5) is 4.48. The topological polar surface area (TPSA) is 41.8 Å². The number of ether oxygens (including phenoxy) is 1. The van der Waals surface area contributed by atoms with E-state index in [-0.39, 0.29) is 6.61 Å². The van der Waals surface area contributed by atoms with Gasteiger partial charge in [-0.25, -0.2) is 4.99 Å². The molecule has 3 nitrogen and oxygen atoms in total. The van der Waals surface area contributed by atoms with Gasteiger partial charge in [0.15, 0.2) is 5.90 Å². The summed E-state index contributed by atoms with van der Waals surface area (Å²) >= 11 is 0. The molecule has 0 spiro atoms. The summed E-state index contributed by atoms with van der Waals surface area (Å²) in [6.07, 6.45) is 22.9. The van der Waals surface area contributed by atoms with Gasteiger partial charge in [-0.1, -0.05) is 70.4 Å². The highest BCUT2D eigenvalue weighted by Crippen LogP contribution is 2.20. The number of unbranched alkanes of at least 4 members (excludes halogenated alkanes) is 11. The summed E-state index contributed by atoms with van der Waals surface area (Å²) in [5.41, 5.74) is -0.392. The van der Waals surface area contributed by atoms with Crippen LogP contribution in [0.5, 0.6) is 0 Å². The first kappa shape index (κ1) is 22.2. The zero-order chi connectivity index (χ0) is 18.2. The van der Waals surface area contributed by atoms with Gasteiger partial charge in [0.25, 0.3) is 0 Å². The highest BCUT2D eigenvalue weighted by molar-refractivity contribution is 5.78. The first-order valence-electron chi connectivity index (χ1n) is 10.7. The molecule has 3 heteroatoms. The molecule has 0 saturated carbocycles. The van der Waals surface area contributed by atoms with Gasteiger partial charge < -0.3 is 9.84 Å².